The minimum absolute atomic E-state index is 0.220. The van der Waals surface area contributed by atoms with Gasteiger partial charge < -0.3 is 14.2 Å². The predicted octanol–water partition coefficient (Wildman–Crippen LogP) is 3.53. The van der Waals surface area contributed by atoms with E-state index < -0.39 is 11.2 Å². The molecule has 1 saturated heterocycles. The first-order valence-corrected chi connectivity index (χ1v) is 10.2. The standard InChI is InChI=1S/C18H19ClN4O2S/c1-25-12-4-5-13-14(10-12)22-18(21-13)26(24)11-15-17(19)16(6-7-20-15)23-8-2-3-9-23/h4-7,10H,2-3,8-9,11H2,1H3,(H,21,22). The first-order chi connectivity index (χ1) is 12.7. The second-order valence-electron chi connectivity index (χ2n) is 6.20. The van der Waals surface area contributed by atoms with Crippen molar-refractivity contribution in [3.8, 4) is 5.75 Å². The van der Waals surface area contributed by atoms with Gasteiger partial charge in [-0.3, -0.25) is 9.97 Å². The summed E-state index contributed by atoms with van der Waals surface area (Å²) in [4.78, 5) is 14.1. The van der Waals surface area contributed by atoms with Gasteiger partial charge in [-0.25, -0.2) is 0 Å². The molecule has 3 heterocycles. The van der Waals surface area contributed by atoms with E-state index in [0.717, 1.165) is 29.8 Å². The third kappa shape index (κ3) is 3.34. The topological polar surface area (TPSA) is 77.1 Å². The number of nitrogens with one attached hydrogen (secondary N) is 1. The lowest BCUT2D eigenvalue weighted by Crippen LogP contribution is -2.19. The highest BCUT2D eigenvalue weighted by Gasteiger charge is 2.23. The quantitative estimate of drug-likeness (QED) is 0.674. The molecule has 0 radical (unpaired) electrons. The van der Waals surface area contributed by atoms with Crippen LogP contribution in [0.5, 0.6) is 5.75 Å². The average Bonchev–Trinajstić information content (AvgIpc) is 3.32. The molecular formula is C18H19ClN4O2S. The van der Waals surface area contributed by atoms with Crippen LogP contribution in [-0.2, 0) is 16.9 Å². The van der Waals surface area contributed by atoms with Crippen LogP contribution in [0.25, 0.3) is 11.0 Å². The van der Waals surface area contributed by atoms with Crippen LogP contribution in [0.2, 0.25) is 5.02 Å². The smallest absolute Gasteiger partial charge is 0.322 e. The highest BCUT2D eigenvalue weighted by molar-refractivity contribution is 7.90. The number of hydrogen-bond donors (Lipinski definition) is 1. The van der Waals surface area contributed by atoms with Crippen molar-refractivity contribution in [3.05, 3.63) is 41.2 Å². The van der Waals surface area contributed by atoms with Crippen LogP contribution < -0.4 is 9.64 Å². The number of imidazole rings is 1. The number of aromatic nitrogens is 3. The van der Waals surface area contributed by atoms with Gasteiger partial charge in [0.05, 0.1) is 28.9 Å². The Morgan fingerprint density at radius 3 is 2.88 bits per heavy atom. The number of benzene rings is 1. The van der Waals surface area contributed by atoms with Crippen molar-refractivity contribution >= 4 is 39.5 Å². The Hall–Kier alpha value is -1.96. The molecule has 1 aliphatic rings. The molecular weight excluding hydrogens is 372 g/mol. The van der Waals surface area contributed by atoms with Crippen molar-refractivity contribution in [2.45, 2.75) is 23.8 Å². The van der Waals surface area contributed by atoms with Crippen molar-refractivity contribution in [1.29, 1.82) is 0 Å². The Labute approximate surface area is 159 Å². The van der Waals surface area contributed by atoms with E-state index in [4.69, 9.17) is 16.3 Å². The van der Waals surface area contributed by atoms with Crippen LogP contribution in [0.15, 0.2) is 35.6 Å². The van der Waals surface area contributed by atoms with Crippen LogP contribution in [-0.4, -0.2) is 39.7 Å². The second kappa shape index (κ2) is 7.34. The molecule has 0 aliphatic carbocycles. The summed E-state index contributed by atoms with van der Waals surface area (Å²) in [5.74, 6) is 0.932. The maximum absolute atomic E-state index is 12.8. The van der Waals surface area contributed by atoms with Gasteiger partial charge in [-0.05, 0) is 31.0 Å². The van der Waals surface area contributed by atoms with Crippen molar-refractivity contribution in [2.24, 2.45) is 0 Å². The number of rotatable bonds is 5. The van der Waals surface area contributed by atoms with E-state index in [1.165, 1.54) is 12.8 Å². The zero-order valence-corrected chi connectivity index (χ0v) is 15.9. The highest BCUT2D eigenvalue weighted by atomic mass is 35.5. The molecule has 2 aromatic heterocycles. The summed E-state index contributed by atoms with van der Waals surface area (Å²) in [5.41, 5.74) is 3.14. The summed E-state index contributed by atoms with van der Waals surface area (Å²) < 4.78 is 18.0. The van der Waals surface area contributed by atoms with Gasteiger partial charge in [0.2, 0.25) is 0 Å². The lowest BCUT2D eigenvalue weighted by molar-refractivity contribution is 0.415. The number of halogens is 1. The van der Waals surface area contributed by atoms with E-state index in [1.54, 1.807) is 13.3 Å². The Bertz CT molecular complexity index is 927. The molecule has 0 amide bonds. The molecule has 136 valence electrons. The number of pyridine rings is 1. The Morgan fingerprint density at radius 1 is 1.31 bits per heavy atom. The lowest BCUT2D eigenvalue weighted by atomic mass is 10.3. The maximum Gasteiger partial charge on any atom is 0.322 e. The van der Waals surface area contributed by atoms with E-state index in [1.807, 2.05) is 24.3 Å². The minimum atomic E-state index is -1.37. The molecule has 1 aromatic carbocycles. The van der Waals surface area contributed by atoms with Crippen molar-refractivity contribution < 1.29 is 9.29 Å². The van der Waals surface area contributed by atoms with Gasteiger partial charge in [0, 0.05) is 36.5 Å². The lowest BCUT2D eigenvalue weighted by Gasteiger charge is -2.20. The van der Waals surface area contributed by atoms with E-state index in [9.17, 15) is 4.55 Å². The molecule has 0 spiro atoms. The summed E-state index contributed by atoms with van der Waals surface area (Å²) in [6.07, 6.45) is 4.07. The molecule has 8 heteroatoms. The number of ether oxygens (including phenoxy) is 1. The number of hydrogen-bond acceptors (Lipinski definition) is 5. The molecule has 1 fully saturated rings. The fourth-order valence-electron chi connectivity index (χ4n) is 3.17. The van der Waals surface area contributed by atoms with E-state index in [-0.39, 0.29) is 5.75 Å². The first-order valence-electron chi connectivity index (χ1n) is 8.46. The summed E-state index contributed by atoms with van der Waals surface area (Å²) in [7, 11) is 1.61. The zero-order valence-electron chi connectivity index (χ0n) is 14.4. The van der Waals surface area contributed by atoms with Crippen LogP contribution in [0.3, 0.4) is 0 Å². The molecule has 3 aromatic rings. The average molecular weight is 391 g/mol. The highest BCUT2D eigenvalue weighted by Crippen LogP contribution is 2.32. The zero-order chi connectivity index (χ0) is 18.1. The fraction of sp³-hybridized carbons (Fsp3) is 0.333. The normalized spacial score (nSPS) is 15.6. The summed E-state index contributed by atoms with van der Waals surface area (Å²) in [6.45, 7) is 2.00. The molecule has 1 aliphatic heterocycles. The maximum atomic E-state index is 12.8. The first kappa shape index (κ1) is 17.5. The van der Waals surface area contributed by atoms with Crippen LogP contribution in [0.1, 0.15) is 18.5 Å². The van der Waals surface area contributed by atoms with Crippen molar-refractivity contribution in [3.63, 3.8) is 0 Å². The summed E-state index contributed by atoms with van der Waals surface area (Å²) in [5, 5.41) is 0.998. The van der Waals surface area contributed by atoms with Gasteiger partial charge >= 0.3 is 5.16 Å². The summed E-state index contributed by atoms with van der Waals surface area (Å²) in [6, 6.07) is 7.44. The van der Waals surface area contributed by atoms with Gasteiger partial charge in [0.15, 0.2) is 5.75 Å². The SMILES string of the molecule is COc1ccc2[nH]c([S+]([O-])Cc3nccc(N4CCCC4)c3Cl)nc2c1. The van der Waals surface area contributed by atoms with Gasteiger partial charge in [-0.2, -0.15) is 4.98 Å². The summed E-state index contributed by atoms with van der Waals surface area (Å²) >= 11 is 5.18. The Balaban J connectivity index is 1.58. The molecule has 1 atom stereocenters. The van der Waals surface area contributed by atoms with Crippen molar-refractivity contribution in [1.82, 2.24) is 15.0 Å². The molecule has 1 N–H and O–H groups in total. The molecule has 1 unspecified atom stereocenters. The van der Waals surface area contributed by atoms with E-state index in [2.05, 4.69) is 19.9 Å². The molecule has 4 rings (SSSR count). The fourth-order valence-corrected chi connectivity index (χ4v) is 4.57. The number of anilines is 1. The number of aromatic amines is 1. The van der Waals surface area contributed by atoms with Gasteiger partial charge in [0.25, 0.3) is 0 Å². The molecule has 6 nitrogen and oxygen atoms in total. The van der Waals surface area contributed by atoms with Crippen LogP contribution in [0, 0.1) is 0 Å². The number of H-pyrrole nitrogens is 1. The monoisotopic (exact) mass is 390 g/mol. The third-order valence-corrected chi connectivity index (χ3v) is 6.11. The van der Waals surface area contributed by atoms with Gasteiger partial charge in [0.1, 0.15) is 11.4 Å². The van der Waals surface area contributed by atoms with Crippen LogP contribution in [0.4, 0.5) is 5.69 Å². The number of methoxy groups -OCH3 is 1. The minimum Gasteiger partial charge on any atom is -0.609 e. The number of fused-ring (bicyclic) bond motifs is 1. The molecule has 0 bridgehead atoms. The van der Waals surface area contributed by atoms with Gasteiger partial charge in [-0.1, -0.05) is 11.6 Å². The Morgan fingerprint density at radius 2 is 2.12 bits per heavy atom. The van der Waals surface area contributed by atoms with Crippen molar-refractivity contribution in [2.75, 3.05) is 25.1 Å². The van der Waals surface area contributed by atoms with E-state index in [0.29, 0.717) is 21.6 Å². The molecule has 0 saturated carbocycles. The Kier molecular flexibility index (Phi) is 4.93. The van der Waals surface area contributed by atoms with E-state index >= 15 is 0 Å². The van der Waals surface area contributed by atoms with Gasteiger partial charge in [-0.15, -0.1) is 0 Å². The largest absolute Gasteiger partial charge is 0.609 e. The molecule has 26 heavy (non-hydrogen) atoms. The third-order valence-electron chi connectivity index (χ3n) is 4.54. The predicted molar refractivity (Wildman–Crippen MR) is 103 cm³/mol. The second-order valence-corrected chi connectivity index (χ2v) is 7.94. The number of nitrogens with zero attached hydrogens (tertiary/aromatic N) is 3. The van der Waals surface area contributed by atoms with Crippen LogP contribution >= 0.6 is 11.6 Å².